The lowest BCUT2D eigenvalue weighted by Gasteiger charge is -2.28. The first-order valence-corrected chi connectivity index (χ1v) is 7.62. The molecule has 1 saturated carbocycles. The summed E-state index contributed by atoms with van der Waals surface area (Å²) in [6, 6.07) is 1.60. The van der Waals surface area contributed by atoms with Crippen molar-refractivity contribution in [2.24, 2.45) is 5.73 Å². The molecular weight excluding hydrogens is 254 g/mol. The normalized spacial score (nSPS) is 18.7. The summed E-state index contributed by atoms with van der Waals surface area (Å²) in [5.41, 5.74) is 5.11. The maximum Gasteiger partial charge on any atom is 0.232 e. The van der Waals surface area contributed by atoms with Gasteiger partial charge in [-0.05, 0) is 19.3 Å². The molecule has 18 heavy (non-hydrogen) atoms. The third-order valence-electron chi connectivity index (χ3n) is 3.24. The number of carbonyl (C=O) groups excluding carboxylic acids is 1. The number of carbonyl (C=O) groups is 1. The summed E-state index contributed by atoms with van der Waals surface area (Å²) in [4.78, 5) is 11.0. The Kier molecular flexibility index (Phi) is 5.11. The number of nitriles is 1. The number of hydrogen-bond donors (Lipinski definition) is 1. The van der Waals surface area contributed by atoms with E-state index in [9.17, 15) is 13.2 Å². The minimum Gasteiger partial charge on any atom is -0.369 e. The molecule has 0 bridgehead atoms. The number of sulfonamides is 1. The van der Waals surface area contributed by atoms with Crippen LogP contribution in [-0.2, 0) is 14.8 Å². The topological polar surface area (TPSA) is 104 Å². The predicted octanol–water partition coefficient (Wildman–Crippen LogP) is 0.348. The second-order valence-electron chi connectivity index (χ2n) is 4.52. The fourth-order valence-electron chi connectivity index (χ4n) is 2.30. The van der Waals surface area contributed by atoms with Gasteiger partial charge in [0, 0.05) is 6.04 Å². The van der Waals surface area contributed by atoms with Gasteiger partial charge in [0.15, 0.2) is 5.25 Å². The van der Waals surface area contributed by atoms with Gasteiger partial charge >= 0.3 is 0 Å². The first kappa shape index (κ1) is 14.9. The molecule has 1 amide bonds. The van der Waals surface area contributed by atoms with Gasteiger partial charge in [0.05, 0.1) is 12.6 Å². The van der Waals surface area contributed by atoms with Gasteiger partial charge < -0.3 is 5.73 Å². The van der Waals surface area contributed by atoms with Crippen molar-refractivity contribution in [2.45, 2.75) is 50.3 Å². The third-order valence-corrected chi connectivity index (χ3v) is 5.48. The van der Waals surface area contributed by atoms with Crippen LogP contribution in [0.5, 0.6) is 0 Å². The summed E-state index contributed by atoms with van der Waals surface area (Å²) >= 11 is 0. The third kappa shape index (κ3) is 3.21. The second kappa shape index (κ2) is 6.16. The number of primary amides is 1. The quantitative estimate of drug-likeness (QED) is 0.753. The van der Waals surface area contributed by atoms with E-state index in [1.807, 2.05) is 0 Å². The van der Waals surface area contributed by atoms with Crippen LogP contribution in [-0.4, -0.2) is 36.5 Å². The SMILES string of the molecule is CCC(C#N)S(=O)(=O)N(CC(N)=O)C1CCCC1. The first-order valence-electron chi connectivity index (χ1n) is 6.12. The summed E-state index contributed by atoms with van der Waals surface area (Å²) in [6.07, 6.45) is 3.56. The summed E-state index contributed by atoms with van der Waals surface area (Å²) in [7, 11) is -3.77. The smallest absolute Gasteiger partial charge is 0.232 e. The minimum absolute atomic E-state index is 0.190. The molecule has 1 aliphatic carbocycles. The lowest BCUT2D eigenvalue weighted by atomic mass is 10.2. The molecule has 2 N–H and O–H groups in total. The lowest BCUT2D eigenvalue weighted by Crippen LogP contribution is -2.47. The summed E-state index contributed by atoms with van der Waals surface area (Å²) in [5.74, 6) is -0.682. The van der Waals surface area contributed by atoms with E-state index in [4.69, 9.17) is 11.0 Å². The van der Waals surface area contributed by atoms with E-state index in [0.29, 0.717) is 0 Å². The predicted molar refractivity (Wildman–Crippen MR) is 66.8 cm³/mol. The molecule has 7 heteroatoms. The Bertz CT molecular complexity index is 435. The highest BCUT2D eigenvalue weighted by molar-refractivity contribution is 7.90. The molecule has 1 rings (SSSR count). The molecule has 0 spiro atoms. The van der Waals surface area contributed by atoms with Crippen molar-refractivity contribution < 1.29 is 13.2 Å². The van der Waals surface area contributed by atoms with Crippen molar-refractivity contribution in [3.63, 3.8) is 0 Å². The van der Waals surface area contributed by atoms with Crippen LogP contribution in [0.4, 0.5) is 0 Å². The van der Waals surface area contributed by atoms with Crippen LogP contribution < -0.4 is 5.73 Å². The maximum atomic E-state index is 12.3. The molecule has 1 fully saturated rings. The molecule has 1 atom stereocenters. The van der Waals surface area contributed by atoms with E-state index in [-0.39, 0.29) is 19.0 Å². The van der Waals surface area contributed by atoms with Crippen molar-refractivity contribution in [2.75, 3.05) is 6.54 Å². The first-order chi connectivity index (χ1) is 8.43. The number of nitrogens with two attached hydrogens (primary N) is 1. The highest BCUT2D eigenvalue weighted by Crippen LogP contribution is 2.27. The van der Waals surface area contributed by atoms with Gasteiger partial charge in [-0.25, -0.2) is 8.42 Å². The molecule has 102 valence electrons. The fourth-order valence-corrected chi connectivity index (χ4v) is 4.12. The average Bonchev–Trinajstić information content (AvgIpc) is 2.79. The Balaban J connectivity index is 3.01. The molecule has 0 aliphatic heterocycles. The van der Waals surface area contributed by atoms with Gasteiger partial charge in [0.1, 0.15) is 0 Å². The minimum atomic E-state index is -3.77. The molecule has 0 saturated heterocycles. The second-order valence-corrected chi connectivity index (χ2v) is 6.59. The van der Waals surface area contributed by atoms with Gasteiger partial charge in [0.2, 0.25) is 15.9 Å². The highest BCUT2D eigenvalue weighted by atomic mass is 32.2. The Morgan fingerprint density at radius 1 is 1.50 bits per heavy atom. The molecule has 0 aromatic heterocycles. The van der Waals surface area contributed by atoms with Crippen LogP contribution >= 0.6 is 0 Å². The number of hydrogen-bond acceptors (Lipinski definition) is 4. The number of amides is 1. The monoisotopic (exact) mass is 273 g/mol. The van der Waals surface area contributed by atoms with Crippen LogP contribution in [0.25, 0.3) is 0 Å². The molecule has 1 unspecified atom stereocenters. The van der Waals surface area contributed by atoms with Gasteiger partial charge in [0.25, 0.3) is 0 Å². The molecule has 0 aromatic carbocycles. The standard InChI is InChI=1S/C11H19N3O3S/c1-2-10(7-12)18(16,17)14(8-11(13)15)9-5-3-4-6-9/h9-10H,2-6,8H2,1H3,(H2,13,15). The van der Waals surface area contributed by atoms with Crippen LogP contribution in [0, 0.1) is 11.3 Å². The Morgan fingerprint density at radius 3 is 2.44 bits per heavy atom. The van der Waals surface area contributed by atoms with E-state index < -0.39 is 21.2 Å². The Hall–Kier alpha value is -1.13. The zero-order chi connectivity index (χ0) is 13.8. The van der Waals surface area contributed by atoms with Gasteiger partial charge in [-0.2, -0.15) is 9.57 Å². The van der Waals surface area contributed by atoms with E-state index in [2.05, 4.69) is 0 Å². The van der Waals surface area contributed by atoms with Crippen LogP contribution in [0.15, 0.2) is 0 Å². The van der Waals surface area contributed by atoms with E-state index in [1.54, 1.807) is 13.0 Å². The van der Waals surface area contributed by atoms with E-state index >= 15 is 0 Å². The highest BCUT2D eigenvalue weighted by Gasteiger charge is 2.37. The number of nitrogens with zero attached hydrogens (tertiary/aromatic N) is 2. The average molecular weight is 273 g/mol. The molecule has 6 nitrogen and oxygen atoms in total. The Morgan fingerprint density at radius 2 is 2.06 bits per heavy atom. The zero-order valence-corrected chi connectivity index (χ0v) is 11.3. The van der Waals surface area contributed by atoms with Gasteiger partial charge in [-0.1, -0.05) is 19.8 Å². The number of rotatable bonds is 6. The summed E-state index contributed by atoms with van der Waals surface area (Å²) in [5, 5.41) is 7.82. The van der Waals surface area contributed by atoms with Crippen LogP contribution in [0.1, 0.15) is 39.0 Å². The van der Waals surface area contributed by atoms with Crippen molar-refractivity contribution in [1.82, 2.24) is 4.31 Å². The van der Waals surface area contributed by atoms with Crippen molar-refractivity contribution >= 4 is 15.9 Å². The van der Waals surface area contributed by atoms with Crippen LogP contribution in [0.3, 0.4) is 0 Å². The lowest BCUT2D eigenvalue weighted by molar-refractivity contribution is -0.118. The zero-order valence-electron chi connectivity index (χ0n) is 10.5. The van der Waals surface area contributed by atoms with Crippen molar-refractivity contribution in [3.05, 3.63) is 0 Å². The van der Waals surface area contributed by atoms with E-state index in [0.717, 1.165) is 30.0 Å². The Labute approximate surface area is 108 Å². The van der Waals surface area contributed by atoms with Gasteiger partial charge in [-0.3, -0.25) is 4.79 Å². The molecule has 0 aromatic rings. The van der Waals surface area contributed by atoms with Gasteiger partial charge in [-0.15, -0.1) is 0 Å². The van der Waals surface area contributed by atoms with Crippen molar-refractivity contribution in [1.29, 1.82) is 5.26 Å². The van der Waals surface area contributed by atoms with Crippen molar-refractivity contribution in [3.8, 4) is 6.07 Å². The molecule has 1 aliphatic rings. The molecule has 0 heterocycles. The summed E-state index contributed by atoms with van der Waals surface area (Å²) < 4.78 is 25.8. The molecule has 0 radical (unpaired) electrons. The van der Waals surface area contributed by atoms with E-state index in [1.165, 1.54) is 0 Å². The molecular formula is C11H19N3O3S. The largest absolute Gasteiger partial charge is 0.369 e. The summed E-state index contributed by atoms with van der Waals surface area (Å²) in [6.45, 7) is 1.31. The van der Waals surface area contributed by atoms with Crippen LogP contribution in [0.2, 0.25) is 0 Å². The fraction of sp³-hybridized carbons (Fsp3) is 0.818. The maximum absolute atomic E-state index is 12.3.